The van der Waals surface area contributed by atoms with Gasteiger partial charge in [0.05, 0.1) is 6.10 Å². The lowest BCUT2D eigenvalue weighted by atomic mass is 9.89. The van der Waals surface area contributed by atoms with Crippen LogP contribution in [0.5, 0.6) is 0 Å². The number of aliphatic hydroxyl groups excluding tert-OH is 1. The van der Waals surface area contributed by atoms with Gasteiger partial charge in [-0.05, 0) is 74.0 Å². The summed E-state index contributed by atoms with van der Waals surface area (Å²) in [6, 6.07) is 9.76. The lowest BCUT2D eigenvalue weighted by Gasteiger charge is -2.35. The van der Waals surface area contributed by atoms with E-state index in [-0.39, 0.29) is 17.7 Å². The molecule has 0 aromatic heterocycles. The molecule has 0 saturated carbocycles. The number of carbonyl (C=O) groups is 2. The van der Waals surface area contributed by atoms with Gasteiger partial charge in [0.1, 0.15) is 0 Å². The number of fused-ring (bicyclic) bond motifs is 1. The first-order valence-electron chi connectivity index (χ1n) is 10.5. The quantitative estimate of drug-likeness (QED) is 0.784. The number of nitrogens with zero attached hydrogens (tertiary/aromatic N) is 1. The van der Waals surface area contributed by atoms with Gasteiger partial charge in [-0.3, -0.25) is 14.5 Å². The van der Waals surface area contributed by atoms with Gasteiger partial charge in [-0.25, -0.2) is 0 Å². The molecule has 1 N–H and O–H groups in total. The van der Waals surface area contributed by atoms with E-state index in [9.17, 15) is 9.59 Å². The SMILES string of the molecule is CC(=O)c1ccc(C)c(-c2c(C)ccc3c2CCC3=O)c1.CCCN1CC(O)C1. The summed E-state index contributed by atoms with van der Waals surface area (Å²) in [6.45, 7) is 10.8. The van der Waals surface area contributed by atoms with E-state index in [0.29, 0.717) is 6.42 Å². The molecular formula is C25H31NO3. The lowest BCUT2D eigenvalue weighted by molar-refractivity contribution is 0.00253. The van der Waals surface area contributed by atoms with Gasteiger partial charge in [0.25, 0.3) is 0 Å². The van der Waals surface area contributed by atoms with Crippen molar-refractivity contribution in [1.82, 2.24) is 4.90 Å². The van der Waals surface area contributed by atoms with E-state index in [0.717, 1.165) is 65.0 Å². The molecule has 29 heavy (non-hydrogen) atoms. The van der Waals surface area contributed by atoms with Crippen molar-refractivity contribution in [3.8, 4) is 11.1 Å². The van der Waals surface area contributed by atoms with Crippen LogP contribution in [0.15, 0.2) is 30.3 Å². The smallest absolute Gasteiger partial charge is 0.163 e. The van der Waals surface area contributed by atoms with E-state index in [1.165, 1.54) is 6.42 Å². The molecule has 0 bridgehead atoms. The number of rotatable bonds is 4. The summed E-state index contributed by atoms with van der Waals surface area (Å²) in [4.78, 5) is 25.9. The Labute approximate surface area is 173 Å². The van der Waals surface area contributed by atoms with Crippen LogP contribution in [0.1, 0.15) is 64.1 Å². The molecule has 4 nitrogen and oxygen atoms in total. The monoisotopic (exact) mass is 393 g/mol. The van der Waals surface area contributed by atoms with Gasteiger partial charge < -0.3 is 5.11 Å². The van der Waals surface area contributed by atoms with Crippen molar-refractivity contribution < 1.29 is 14.7 Å². The zero-order valence-corrected chi connectivity index (χ0v) is 17.9. The van der Waals surface area contributed by atoms with Crippen LogP contribution in [-0.4, -0.2) is 47.3 Å². The minimum Gasteiger partial charge on any atom is -0.390 e. The van der Waals surface area contributed by atoms with Gasteiger partial charge in [0.2, 0.25) is 0 Å². The van der Waals surface area contributed by atoms with E-state index in [2.05, 4.69) is 25.7 Å². The molecule has 2 aromatic rings. The number of hydrogen-bond donors (Lipinski definition) is 1. The molecule has 4 rings (SSSR count). The first-order chi connectivity index (χ1) is 13.8. The molecule has 2 aromatic carbocycles. The highest BCUT2D eigenvalue weighted by atomic mass is 16.3. The van der Waals surface area contributed by atoms with Gasteiger partial charge >= 0.3 is 0 Å². The van der Waals surface area contributed by atoms with Crippen molar-refractivity contribution in [3.63, 3.8) is 0 Å². The highest BCUT2D eigenvalue weighted by molar-refractivity contribution is 6.03. The third-order valence-corrected chi connectivity index (χ3v) is 5.81. The maximum absolute atomic E-state index is 12.0. The number of likely N-dealkylation sites (tertiary alicyclic amines) is 1. The van der Waals surface area contributed by atoms with E-state index in [1.54, 1.807) is 6.92 Å². The second-order valence-corrected chi connectivity index (χ2v) is 8.21. The molecule has 0 radical (unpaired) electrons. The van der Waals surface area contributed by atoms with Crippen LogP contribution < -0.4 is 0 Å². The predicted molar refractivity (Wildman–Crippen MR) is 117 cm³/mol. The Bertz CT molecular complexity index is 923. The largest absolute Gasteiger partial charge is 0.390 e. The van der Waals surface area contributed by atoms with Gasteiger partial charge in [0.15, 0.2) is 11.6 Å². The number of carbonyl (C=O) groups excluding carboxylic acids is 2. The highest BCUT2D eigenvalue weighted by Crippen LogP contribution is 2.37. The van der Waals surface area contributed by atoms with Gasteiger partial charge in [-0.2, -0.15) is 0 Å². The van der Waals surface area contributed by atoms with Crippen molar-refractivity contribution in [2.75, 3.05) is 19.6 Å². The van der Waals surface area contributed by atoms with Crippen LogP contribution in [0.3, 0.4) is 0 Å². The van der Waals surface area contributed by atoms with Crippen molar-refractivity contribution in [2.24, 2.45) is 0 Å². The second-order valence-electron chi connectivity index (χ2n) is 8.21. The maximum atomic E-state index is 12.0. The molecule has 1 fully saturated rings. The number of aryl methyl sites for hydroxylation is 2. The molecular weight excluding hydrogens is 362 g/mol. The van der Waals surface area contributed by atoms with Crippen molar-refractivity contribution in [2.45, 2.75) is 53.1 Å². The number of β-amino-alcohol motifs (C(OH)–C–C–N with tert-alkyl or cyclic N) is 1. The van der Waals surface area contributed by atoms with Crippen molar-refractivity contribution in [1.29, 1.82) is 0 Å². The topological polar surface area (TPSA) is 57.6 Å². The minimum absolute atomic E-state index is 0.0263. The van der Waals surface area contributed by atoms with Crippen LogP contribution in [0.4, 0.5) is 0 Å². The Kier molecular flexibility index (Phi) is 6.66. The first-order valence-corrected chi connectivity index (χ1v) is 10.5. The van der Waals surface area contributed by atoms with E-state index >= 15 is 0 Å². The molecule has 2 aliphatic rings. The Morgan fingerprint density at radius 2 is 1.76 bits per heavy atom. The summed E-state index contributed by atoms with van der Waals surface area (Å²) in [7, 11) is 0. The predicted octanol–water partition coefficient (Wildman–Crippen LogP) is 4.37. The first kappa shape index (κ1) is 21.4. The second kappa shape index (κ2) is 9.02. The normalized spacial score (nSPS) is 16.1. The van der Waals surface area contributed by atoms with Crippen molar-refractivity contribution in [3.05, 3.63) is 58.1 Å². The molecule has 0 amide bonds. The molecule has 0 unspecified atom stereocenters. The maximum Gasteiger partial charge on any atom is 0.163 e. The van der Waals surface area contributed by atoms with Crippen LogP contribution in [-0.2, 0) is 6.42 Å². The molecule has 1 aliphatic carbocycles. The number of benzene rings is 2. The Morgan fingerprint density at radius 1 is 1.07 bits per heavy atom. The number of Topliss-reactive ketones (excluding diaryl/α,β-unsaturated/α-hetero) is 2. The Balaban J connectivity index is 0.000000252. The van der Waals surface area contributed by atoms with Crippen LogP contribution >= 0.6 is 0 Å². The number of aliphatic hydroxyl groups is 1. The number of ketones is 2. The average Bonchev–Trinajstić information content (AvgIpc) is 3.03. The Hall–Kier alpha value is -2.30. The number of hydrogen-bond acceptors (Lipinski definition) is 4. The van der Waals surface area contributed by atoms with Crippen LogP contribution in [0.25, 0.3) is 11.1 Å². The zero-order chi connectivity index (χ0) is 21.1. The summed E-state index contributed by atoms with van der Waals surface area (Å²) in [6.07, 6.45) is 2.57. The summed E-state index contributed by atoms with van der Waals surface area (Å²) in [5.74, 6) is 0.296. The van der Waals surface area contributed by atoms with E-state index < -0.39 is 0 Å². The highest BCUT2D eigenvalue weighted by Gasteiger charge is 2.24. The fourth-order valence-electron chi connectivity index (χ4n) is 4.19. The molecule has 154 valence electrons. The van der Waals surface area contributed by atoms with Gasteiger partial charge in [-0.15, -0.1) is 0 Å². The van der Waals surface area contributed by atoms with Gasteiger partial charge in [-0.1, -0.05) is 31.2 Å². The summed E-state index contributed by atoms with van der Waals surface area (Å²) < 4.78 is 0. The summed E-state index contributed by atoms with van der Waals surface area (Å²) >= 11 is 0. The summed E-state index contributed by atoms with van der Waals surface area (Å²) in [5, 5.41) is 8.80. The zero-order valence-electron chi connectivity index (χ0n) is 17.9. The lowest BCUT2D eigenvalue weighted by Crippen LogP contribution is -2.50. The average molecular weight is 394 g/mol. The standard InChI is InChI=1S/C19H18O2.C6H13NO/c1-11-4-6-14(13(3)20)10-17(11)19-12(2)5-7-15-16(19)8-9-18(15)21;1-2-3-7-4-6(8)5-7/h4-7,10H,8-9H2,1-3H3;6,8H,2-5H2,1H3. The summed E-state index contributed by atoms with van der Waals surface area (Å²) in [5.41, 5.74) is 7.22. The molecule has 1 aliphatic heterocycles. The molecule has 1 heterocycles. The molecule has 0 atom stereocenters. The fourth-order valence-corrected chi connectivity index (χ4v) is 4.19. The van der Waals surface area contributed by atoms with Gasteiger partial charge in [0, 0.05) is 30.6 Å². The van der Waals surface area contributed by atoms with Crippen molar-refractivity contribution >= 4 is 11.6 Å². The molecule has 0 spiro atoms. The van der Waals surface area contributed by atoms with E-state index in [1.807, 2.05) is 30.3 Å². The minimum atomic E-state index is -0.0263. The van der Waals surface area contributed by atoms with Crippen LogP contribution in [0, 0.1) is 13.8 Å². The molecule has 1 saturated heterocycles. The Morgan fingerprint density at radius 3 is 2.38 bits per heavy atom. The van der Waals surface area contributed by atoms with Crippen LogP contribution in [0.2, 0.25) is 0 Å². The third-order valence-electron chi connectivity index (χ3n) is 5.81. The third kappa shape index (κ3) is 4.65. The molecule has 4 heteroatoms. The van der Waals surface area contributed by atoms with E-state index in [4.69, 9.17) is 5.11 Å². The fraction of sp³-hybridized carbons (Fsp3) is 0.440.